The summed E-state index contributed by atoms with van der Waals surface area (Å²) < 4.78 is 16.5. The molecule has 1 aliphatic rings. The van der Waals surface area contributed by atoms with Gasteiger partial charge < -0.3 is 14.2 Å². The average molecular weight is 475 g/mol. The van der Waals surface area contributed by atoms with E-state index in [2.05, 4.69) is 6.92 Å². The fraction of sp³-hybridized carbons (Fsp3) is 0.321. The third-order valence-corrected chi connectivity index (χ3v) is 5.83. The van der Waals surface area contributed by atoms with E-state index in [-0.39, 0.29) is 17.7 Å². The molecular formula is C28H30N2O5. The van der Waals surface area contributed by atoms with E-state index in [1.807, 2.05) is 12.1 Å². The SMILES string of the molecule is CCCCCOc1ccc(/C=C2/C(=O)N(Cc3ccc(OC)cc3)C(=O)C(C#N)=C2C)cc1OC. The summed E-state index contributed by atoms with van der Waals surface area (Å²) in [7, 11) is 3.13. The van der Waals surface area contributed by atoms with Crippen molar-refractivity contribution in [3.05, 3.63) is 70.3 Å². The fourth-order valence-electron chi connectivity index (χ4n) is 3.78. The van der Waals surface area contributed by atoms with Gasteiger partial charge in [-0.1, -0.05) is 38.0 Å². The number of methoxy groups -OCH3 is 2. The summed E-state index contributed by atoms with van der Waals surface area (Å²) in [5.74, 6) is 0.790. The molecule has 7 heteroatoms. The molecule has 0 saturated heterocycles. The van der Waals surface area contributed by atoms with E-state index in [0.29, 0.717) is 35.0 Å². The lowest BCUT2D eigenvalue weighted by atomic mass is 9.93. The van der Waals surface area contributed by atoms with Crippen LogP contribution in [0.4, 0.5) is 0 Å². The largest absolute Gasteiger partial charge is 0.497 e. The Balaban J connectivity index is 1.92. The molecule has 1 aliphatic heterocycles. The standard InChI is InChI=1S/C28H30N2O5/c1-5-6-7-14-35-25-13-10-21(16-26(25)34-4)15-23-19(2)24(17-29)28(32)30(27(23)31)18-20-8-11-22(33-3)12-9-20/h8-13,15-16H,5-7,14,18H2,1-4H3/b23-15+. The Morgan fingerprint density at radius 2 is 1.71 bits per heavy atom. The minimum atomic E-state index is -0.601. The van der Waals surface area contributed by atoms with Gasteiger partial charge in [0.15, 0.2) is 11.5 Å². The minimum absolute atomic E-state index is 0.0469. The molecule has 0 N–H and O–H groups in total. The van der Waals surface area contributed by atoms with Crippen molar-refractivity contribution in [3.8, 4) is 23.3 Å². The summed E-state index contributed by atoms with van der Waals surface area (Å²) >= 11 is 0. The van der Waals surface area contributed by atoms with Crippen LogP contribution in [0, 0.1) is 11.3 Å². The first-order valence-corrected chi connectivity index (χ1v) is 11.6. The van der Waals surface area contributed by atoms with Crippen LogP contribution in [-0.4, -0.2) is 37.5 Å². The summed E-state index contributed by atoms with van der Waals surface area (Å²) in [6.45, 7) is 4.40. The number of amides is 2. The molecule has 0 unspecified atom stereocenters. The molecule has 2 aromatic rings. The number of nitriles is 1. The van der Waals surface area contributed by atoms with Crippen molar-refractivity contribution in [3.63, 3.8) is 0 Å². The molecule has 0 atom stereocenters. The maximum absolute atomic E-state index is 13.4. The zero-order valence-corrected chi connectivity index (χ0v) is 20.6. The van der Waals surface area contributed by atoms with Crippen molar-refractivity contribution in [2.24, 2.45) is 0 Å². The van der Waals surface area contributed by atoms with E-state index in [4.69, 9.17) is 14.2 Å². The number of hydrogen-bond donors (Lipinski definition) is 0. The highest BCUT2D eigenvalue weighted by atomic mass is 16.5. The first-order chi connectivity index (χ1) is 16.9. The van der Waals surface area contributed by atoms with Gasteiger partial charge in [-0.2, -0.15) is 5.26 Å². The predicted octanol–water partition coefficient (Wildman–Crippen LogP) is 5.07. The Hall–Kier alpha value is -4.05. The highest BCUT2D eigenvalue weighted by Gasteiger charge is 2.35. The topological polar surface area (TPSA) is 88.9 Å². The lowest BCUT2D eigenvalue weighted by Crippen LogP contribution is -2.42. The highest BCUT2D eigenvalue weighted by Crippen LogP contribution is 2.32. The van der Waals surface area contributed by atoms with Gasteiger partial charge in [-0.25, -0.2) is 0 Å². The third-order valence-electron chi connectivity index (χ3n) is 5.83. The average Bonchev–Trinajstić information content (AvgIpc) is 2.88. The van der Waals surface area contributed by atoms with E-state index in [1.54, 1.807) is 63.6 Å². The van der Waals surface area contributed by atoms with Gasteiger partial charge in [0.2, 0.25) is 0 Å². The molecule has 0 fully saturated rings. The third kappa shape index (κ3) is 5.90. The summed E-state index contributed by atoms with van der Waals surface area (Å²) in [5, 5.41) is 9.65. The molecular weight excluding hydrogens is 444 g/mol. The van der Waals surface area contributed by atoms with Crippen molar-refractivity contribution in [1.29, 1.82) is 5.26 Å². The zero-order chi connectivity index (χ0) is 25.4. The number of hydrogen-bond acceptors (Lipinski definition) is 6. The lowest BCUT2D eigenvalue weighted by Gasteiger charge is -2.27. The Morgan fingerprint density at radius 1 is 0.971 bits per heavy atom. The number of ether oxygens (including phenoxy) is 3. The zero-order valence-electron chi connectivity index (χ0n) is 20.6. The van der Waals surface area contributed by atoms with Crippen LogP contribution in [0.15, 0.2) is 59.2 Å². The van der Waals surface area contributed by atoms with Crippen molar-refractivity contribution < 1.29 is 23.8 Å². The number of benzene rings is 2. The molecule has 0 radical (unpaired) electrons. The van der Waals surface area contributed by atoms with E-state index in [1.165, 1.54) is 0 Å². The maximum Gasteiger partial charge on any atom is 0.271 e. The monoisotopic (exact) mass is 474 g/mol. The van der Waals surface area contributed by atoms with Crippen LogP contribution in [-0.2, 0) is 16.1 Å². The number of imide groups is 1. The Kier molecular flexibility index (Phi) is 8.69. The van der Waals surface area contributed by atoms with Crippen LogP contribution in [0.25, 0.3) is 6.08 Å². The first-order valence-electron chi connectivity index (χ1n) is 11.6. The number of rotatable bonds is 10. The van der Waals surface area contributed by atoms with Gasteiger partial charge in [-0.05, 0) is 60.4 Å². The van der Waals surface area contributed by atoms with Gasteiger partial charge in [0.25, 0.3) is 11.8 Å². The van der Waals surface area contributed by atoms with Crippen LogP contribution < -0.4 is 14.2 Å². The van der Waals surface area contributed by atoms with E-state index in [0.717, 1.165) is 29.7 Å². The summed E-state index contributed by atoms with van der Waals surface area (Å²) in [5.41, 5.74) is 2.03. The Morgan fingerprint density at radius 3 is 2.34 bits per heavy atom. The molecule has 35 heavy (non-hydrogen) atoms. The fourth-order valence-corrected chi connectivity index (χ4v) is 3.78. The molecule has 0 spiro atoms. The van der Waals surface area contributed by atoms with Crippen molar-refractivity contribution >= 4 is 17.9 Å². The molecule has 2 aromatic carbocycles. The van der Waals surface area contributed by atoms with Gasteiger partial charge in [0.1, 0.15) is 17.4 Å². The molecule has 0 saturated carbocycles. The van der Waals surface area contributed by atoms with E-state index < -0.39 is 11.8 Å². The van der Waals surface area contributed by atoms with Crippen molar-refractivity contribution in [2.45, 2.75) is 39.7 Å². The van der Waals surface area contributed by atoms with Gasteiger partial charge in [-0.15, -0.1) is 0 Å². The summed E-state index contributed by atoms with van der Waals surface area (Å²) in [6.07, 6.45) is 4.83. The first kappa shape index (κ1) is 25.6. The number of unbranched alkanes of at least 4 members (excludes halogenated alkanes) is 2. The Labute approximate surface area is 206 Å². The smallest absolute Gasteiger partial charge is 0.271 e. The van der Waals surface area contributed by atoms with Crippen LogP contribution in [0.5, 0.6) is 17.2 Å². The van der Waals surface area contributed by atoms with Gasteiger partial charge in [0, 0.05) is 5.57 Å². The quantitative estimate of drug-likeness (QED) is 0.272. The summed E-state index contributed by atoms with van der Waals surface area (Å²) in [4.78, 5) is 27.4. The molecule has 0 bridgehead atoms. The molecule has 182 valence electrons. The van der Waals surface area contributed by atoms with Gasteiger partial charge >= 0.3 is 0 Å². The molecule has 0 aromatic heterocycles. The second-order valence-electron chi connectivity index (χ2n) is 8.18. The van der Waals surface area contributed by atoms with Crippen LogP contribution >= 0.6 is 0 Å². The van der Waals surface area contributed by atoms with Crippen molar-refractivity contribution in [1.82, 2.24) is 4.90 Å². The minimum Gasteiger partial charge on any atom is -0.497 e. The predicted molar refractivity (Wildman–Crippen MR) is 133 cm³/mol. The highest BCUT2D eigenvalue weighted by molar-refractivity contribution is 6.19. The second kappa shape index (κ2) is 11.9. The molecule has 2 amide bonds. The van der Waals surface area contributed by atoms with E-state index >= 15 is 0 Å². The molecule has 0 aliphatic carbocycles. The second-order valence-corrected chi connectivity index (χ2v) is 8.18. The number of carbonyl (C=O) groups excluding carboxylic acids is 2. The molecule has 7 nitrogen and oxygen atoms in total. The van der Waals surface area contributed by atoms with Gasteiger partial charge in [-0.3, -0.25) is 14.5 Å². The number of nitrogens with zero attached hydrogens (tertiary/aromatic N) is 2. The van der Waals surface area contributed by atoms with Crippen LogP contribution in [0.1, 0.15) is 44.2 Å². The Bertz CT molecular complexity index is 1190. The molecule has 1 heterocycles. The summed E-state index contributed by atoms with van der Waals surface area (Å²) in [6, 6.07) is 14.5. The lowest BCUT2D eigenvalue weighted by molar-refractivity contribution is -0.141. The number of carbonyl (C=O) groups is 2. The van der Waals surface area contributed by atoms with Crippen molar-refractivity contribution in [2.75, 3.05) is 20.8 Å². The van der Waals surface area contributed by atoms with Gasteiger partial charge in [0.05, 0.1) is 27.4 Å². The maximum atomic E-state index is 13.4. The normalized spacial score (nSPS) is 14.8. The van der Waals surface area contributed by atoms with Crippen LogP contribution in [0.2, 0.25) is 0 Å². The molecule has 3 rings (SSSR count). The van der Waals surface area contributed by atoms with E-state index in [9.17, 15) is 14.9 Å². The van der Waals surface area contributed by atoms with Crippen LogP contribution in [0.3, 0.4) is 0 Å².